The van der Waals surface area contributed by atoms with Crippen LogP contribution in [0.4, 0.5) is 11.5 Å². The van der Waals surface area contributed by atoms with Crippen LogP contribution in [-0.2, 0) is 4.79 Å². The van der Waals surface area contributed by atoms with Gasteiger partial charge in [0.2, 0.25) is 0 Å². The molecule has 1 saturated heterocycles. The quantitative estimate of drug-likeness (QED) is 0.380. The highest BCUT2D eigenvalue weighted by Crippen LogP contribution is 2.41. The number of aliphatic carboxylic acids is 1. The van der Waals surface area contributed by atoms with Crippen molar-refractivity contribution < 1.29 is 19.5 Å². The van der Waals surface area contributed by atoms with Crippen LogP contribution in [0.3, 0.4) is 0 Å². The number of anilines is 2. The molecule has 11 heteroatoms. The van der Waals surface area contributed by atoms with Crippen LogP contribution in [0.15, 0.2) is 60.8 Å². The number of amides is 2. The molecule has 2 amide bonds. The molecule has 9 nitrogen and oxygen atoms in total. The number of carbonyl (C=O) groups is 3. The average molecular weight is 582 g/mol. The Kier molecular flexibility index (Phi) is 8.66. The van der Waals surface area contributed by atoms with Gasteiger partial charge in [-0.1, -0.05) is 35.3 Å². The lowest BCUT2D eigenvalue weighted by Gasteiger charge is -2.35. The van der Waals surface area contributed by atoms with E-state index in [-0.39, 0.29) is 29.8 Å². The van der Waals surface area contributed by atoms with Gasteiger partial charge in [0.25, 0.3) is 11.8 Å². The molecule has 1 aromatic heterocycles. The van der Waals surface area contributed by atoms with Crippen molar-refractivity contribution in [2.75, 3.05) is 36.4 Å². The molecule has 0 aliphatic carbocycles. The summed E-state index contributed by atoms with van der Waals surface area (Å²) in [4.78, 5) is 46.8. The molecule has 0 spiro atoms. The maximum Gasteiger partial charge on any atom is 0.305 e. The van der Waals surface area contributed by atoms with E-state index in [0.29, 0.717) is 34.1 Å². The van der Waals surface area contributed by atoms with Gasteiger partial charge in [0.1, 0.15) is 5.82 Å². The van der Waals surface area contributed by atoms with Crippen molar-refractivity contribution in [3.8, 4) is 0 Å². The summed E-state index contributed by atoms with van der Waals surface area (Å²) in [5, 5.41) is 16.7. The lowest BCUT2D eigenvalue weighted by atomic mass is 9.98. The molecule has 3 aromatic rings. The molecule has 0 saturated carbocycles. The summed E-state index contributed by atoms with van der Waals surface area (Å²) in [5.41, 5.74) is 2.14. The Hall–Kier alpha value is -3.50. The molecule has 0 bridgehead atoms. The summed E-state index contributed by atoms with van der Waals surface area (Å²) >= 11 is 12.6. The highest BCUT2D eigenvalue weighted by Gasteiger charge is 2.37. The second kappa shape index (κ2) is 12.3. The van der Waals surface area contributed by atoms with E-state index in [9.17, 15) is 19.5 Å². The first kappa shape index (κ1) is 28.0. The third-order valence-corrected chi connectivity index (χ3v) is 7.90. The maximum atomic E-state index is 14.0. The molecule has 3 N–H and O–H groups in total. The molecule has 2 aliphatic rings. The Labute approximate surface area is 242 Å². The largest absolute Gasteiger partial charge is 0.481 e. The van der Waals surface area contributed by atoms with Gasteiger partial charge >= 0.3 is 5.97 Å². The Morgan fingerprint density at radius 1 is 1.02 bits per heavy atom. The number of rotatable bonds is 6. The van der Waals surface area contributed by atoms with E-state index in [1.165, 1.54) is 12.3 Å². The highest BCUT2D eigenvalue weighted by atomic mass is 35.5. The summed E-state index contributed by atoms with van der Waals surface area (Å²) in [6.45, 7) is 3.41. The van der Waals surface area contributed by atoms with Crippen molar-refractivity contribution in [2.45, 2.75) is 31.3 Å². The first-order chi connectivity index (χ1) is 19.3. The van der Waals surface area contributed by atoms with Crippen molar-refractivity contribution in [1.82, 2.24) is 15.2 Å². The van der Waals surface area contributed by atoms with E-state index in [2.05, 4.69) is 20.5 Å². The van der Waals surface area contributed by atoms with Crippen molar-refractivity contribution in [3.05, 3.63) is 87.5 Å². The van der Waals surface area contributed by atoms with Crippen LogP contribution in [0, 0.1) is 0 Å². The van der Waals surface area contributed by atoms with Crippen LogP contribution in [0.2, 0.25) is 10.0 Å². The second-order valence-electron chi connectivity index (χ2n) is 9.88. The fraction of sp³-hybridized carbons (Fsp3) is 0.310. The SMILES string of the molecule is O=C(O)CC1CCC(N2CCNCC2)c2cc(Cl)ccc2N1C(=O)c1ccc(NC(=O)c2ccccc2Cl)nc1. The summed E-state index contributed by atoms with van der Waals surface area (Å²) in [6.07, 6.45) is 2.40. The number of fused-ring (bicyclic) bond motifs is 1. The molecule has 2 atom stereocenters. The number of hydrogen-bond donors (Lipinski definition) is 3. The van der Waals surface area contributed by atoms with Crippen LogP contribution in [0.5, 0.6) is 0 Å². The lowest BCUT2D eigenvalue weighted by Crippen LogP contribution is -2.45. The van der Waals surface area contributed by atoms with Crippen molar-refractivity contribution in [1.29, 1.82) is 0 Å². The molecule has 3 heterocycles. The van der Waals surface area contributed by atoms with Crippen LogP contribution in [0.1, 0.15) is 51.6 Å². The fourth-order valence-corrected chi connectivity index (χ4v) is 5.85. The first-order valence-electron chi connectivity index (χ1n) is 13.1. The van der Waals surface area contributed by atoms with Gasteiger partial charge in [-0.2, -0.15) is 0 Å². The Bertz CT molecular complexity index is 1410. The second-order valence-corrected chi connectivity index (χ2v) is 10.7. The van der Waals surface area contributed by atoms with Gasteiger partial charge in [-0.3, -0.25) is 19.3 Å². The molecular formula is C29H29Cl2N5O4. The lowest BCUT2D eigenvalue weighted by molar-refractivity contribution is -0.137. The number of halogens is 2. The third-order valence-electron chi connectivity index (χ3n) is 7.34. The molecule has 2 aromatic carbocycles. The van der Waals surface area contributed by atoms with Gasteiger partial charge in [-0.05, 0) is 60.9 Å². The van der Waals surface area contributed by atoms with Crippen LogP contribution in [-0.4, -0.2) is 65.0 Å². The topological polar surface area (TPSA) is 115 Å². The Morgan fingerprint density at radius 2 is 1.80 bits per heavy atom. The van der Waals surface area contributed by atoms with Gasteiger partial charge in [0.05, 0.1) is 22.6 Å². The van der Waals surface area contributed by atoms with E-state index in [1.54, 1.807) is 47.4 Å². The molecule has 5 rings (SSSR count). The van der Waals surface area contributed by atoms with Gasteiger partial charge in [-0.15, -0.1) is 0 Å². The fourth-order valence-electron chi connectivity index (χ4n) is 5.45. The van der Waals surface area contributed by atoms with Crippen molar-refractivity contribution in [2.24, 2.45) is 0 Å². The minimum atomic E-state index is -0.977. The minimum absolute atomic E-state index is 0.00502. The van der Waals surface area contributed by atoms with Crippen molar-refractivity contribution in [3.63, 3.8) is 0 Å². The maximum absolute atomic E-state index is 14.0. The van der Waals surface area contributed by atoms with E-state index < -0.39 is 17.9 Å². The number of pyridine rings is 1. The molecule has 1 fully saturated rings. The number of carboxylic acids is 1. The molecule has 208 valence electrons. The van der Waals surface area contributed by atoms with E-state index in [0.717, 1.165) is 31.7 Å². The number of piperazine rings is 1. The predicted molar refractivity (Wildman–Crippen MR) is 154 cm³/mol. The monoisotopic (exact) mass is 581 g/mol. The van der Waals surface area contributed by atoms with Gasteiger partial charge in [0, 0.05) is 55.2 Å². The molecule has 0 radical (unpaired) electrons. The zero-order valence-corrected chi connectivity index (χ0v) is 23.2. The molecular weight excluding hydrogens is 553 g/mol. The summed E-state index contributed by atoms with van der Waals surface area (Å²) in [7, 11) is 0. The average Bonchev–Trinajstić information content (AvgIpc) is 3.09. The normalized spacial score (nSPS) is 19.4. The van der Waals surface area contributed by atoms with Crippen LogP contribution in [0.25, 0.3) is 0 Å². The zero-order valence-electron chi connectivity index (χ0n) is 21.6. The zero-order chi connectivity index (χ0) is 28.2. The number of hydrogen-bond acceptors (Lipinski definition) is 6. The number of nitrogens with zero attached hydrogens (tertiary/aromatic N) is 3. The summed E-state index contributed by atoms with van der Waals surface area (Å²) < 4.78 is 0. The van der Waals surface area contributed by atoms with Crippen molar-refractivity contribution >= 4 is 52.5 Å². The molecule has 2 unspecified atom stereocenters. The van der Waals surface area contributed by atoms with E-state index >= 15 is 0 Å². The predicted octanol–water partition coefficient (Wildman–Crippen LogP) is 4.87. The number of nitrogens with one attached hydrogen (secondary N) is 2. The Morgan fingerprint density at radius 3 is 2.50 bits per heavy atom. The van der Waals surface area contributed by atoms with Gasteiger partial charge in [-0.25, -0.2) is 4.98 Å². The van der Waals surface area contributed by atoms with Gasteiger partial charge < -0.3 is 20.6 Å². The smallest absolute Gasteiger partial charge is 0.305 e. The third kappa shape index (κ3) is 6.13. The van der Waals surface area contributed by atoms with Crippen LogP contribution < -0.4 is 15.5 Å². The Balaban J connectivity index is 1.45. The van der Waals surface area contributed by atoms with Crippen LogP contribution >= 0.6 is 23.2 Å². The number of aromatic nitrogens is 1. The standard InChI is InChI=1S/C29H29Cl2N5O4/c30-19-6-8-25-22(15-19)24(35-13-11-32-12-14-35)9-7-20(16-27(37)38)36(25)29(40)18-5-10-26(33-17-18)34-28(39)21-3-1-2-4-23(21)31/h1-6,8,10,15,17,20,24,32H,7,9,11-14,16H2,(H,37,38)(H,33,34,39). The molecule has 40 heavy (non-hydrogen) atoms. The number of carbonyl (C=O) groups excluding carboxylic acids is 2. The van der Waals surface area contributed by atoms with E-state index in [4.69, 9.17) is 23.2 Å². The highest BCUT2D eigenvalue weighted by molar-refractivity contribution is 6.34. The number of carboxylic acid groups (broad SMARTS) is 1. The van der Waals surface area contributed by atoms with Gasteiger partial charge in [0.15, 0.2) is 0 Å². The molecule has 2 aliphatic heterocycles. The minimum Gasteiger partial charge on any atom is -0.481 e. The first-order valence-corrected chi connectivity index (χ1v) is 13.9. The summed E-state index contributed by atoms with van der Waals surface area (Å²) in [5.74, 6) is -1.51. The number of benzene rings is 2. The summed E-state index contributed by atoms with van der Waals surface area (Å²) in [6, 6.07) is 14.6. The van der Waals surface area contributed by atoms with E-state index in [1.807, 2.05) is 6.07 Å².